The molecule has 6 nitrogen and oxygen atoms in total. The first kappa shape index (κ1) is 14.9. The predicted octanol–water partition coefficient (Wildman–Crippen LogP) is 2.24. The molecular weight excluding hydrogens is 299 g/mol. The molecule has 110 valence electrons. The maximum atomic E-state index is 12.3. The Morgan fingerprint density at radius 3 is 2.43 bits per heavy atom. The van der Waals surface area contributed by atoms with Gasteiger partial charge in [0.2, 0.25) is 0 Å². The Hall–Kier alpha value is -2.48. The van der Waals surface area contributed by atoms with Crippen molar-refractivity contribution in [1.82, 2.24) is 4.98 Å². The molecule has 0 aliphatic carbocycles. The van der Waals surface area contributed by atoms with E-state index in [1.807, 2.05) is 0 Å². The number of nitrogens with zero attached hydrogens (tertiary/aromatic N) is 1. The summed E-state index contributed by atoms with van der Waals surface area (Å²) in [7, 11) is -5.06. The SMILES string of the molecule is Cc1cccc(C(=O)Nc2ccc(OS(=O)(=O)F)cc2)n1. The van der Waals surface area contributed by atoms with Crippen LogP contribution in [-0.2, 0) is 10.5 Å². The van der Waals surface area contributed by atoms with Crippen LogP contribution in [0.4, 0.5) is 9.57 Å². The van der Waals surface area contributed by atoms with E-state index in [1.165, 1.54) is 24.3 Å². The maximum absolute atomic E-state index is 12.3. The van der Waals surface area contributed by atoms with Crippen molar-refractivity contribution in [1.29, 1.82) is 0 Å². The number of hydrogen-bond donors (Lipinski definition) is 1. The molecule has 0 bridgehead atoms. The van der Waals surface area contributed by atoms with Crippen LogP contribution in [0.3, 0.4) is 0 Å². The Balaban J connectivity index is 2.08. The first-order chi connectivity index (χ1) is 9.83. The van der Waals surface area contributed by atoms with E-state index in [0.29, 0.717) is 11.4 Å². The fourth-order valence-electron chi connectivity index (χ4n) is 1.57. The normalized spacial score (nSPS) is 11.0. The summed E-state index contributed by atoms with van der Waals surface area (Å²) in [5, 5.41) is 2.58. The molecule has 0 aliphatic heterocycles. The van der Waals surface area contributed by atoms with Gasteiger partial charge in [-0.1, -0.05) is 9.95 Å². The lowest BCUT2D eigenvalue weighted by molar-refractivity contribution is 0.102. The lowest BCUT2D eigenvalue weighted by Crippen LogP contribution is -2.13. The quantitative estimate of drug-likeness (QED) is 0.875. The van der Waals surface area contributed by atoms with E-state index < -0.39 is 16.4 Å². The van der Waals surface area contributed by atoms with Gasteiger partial charge in [0.25, 0.3) is 5.91 Å². The minimum absolute atomic E-state index is 0.191. The van der Waals surface area contributed by atoms with Gasteiger partial charge in [-0.05, 0) is 43.3 Å². The van der Waals surface area contributed by atoms with Crippen molar-refractivity contribution < 1.29 is 21.3 Å². The summed E-state index contributed by atoms with van der Waals surface area (Å²) in [6.07, 6.45) is 0. The van der Waals surface area contributed by atoms with Crippen molar-refractivity contribution >= 4 is 22.1 Å². The molecule has 1 N–H and O–H groups in total. The molecule has 0 fully saturated rings. The van der Waals surface area contributed by atoms with Gasteiger partial charge >= 0.3 is 10.5 Å². The predicted molar refractivity (Wildman–Crippen MR) is 74.0 cm³/mol. The number of rotatable bonds is 4. The summed E-state index contributed by atoms with van der Waals surface area (Å²) < 4.78 is 37.0. The number of halogens is 1. The van der Waals surface area contributed by atoms with E-state index in [-0.39, 0.29) is 11.4 Å². The molecule has 0 radical (unpaired) electrons. The van der Waals surface area contributed by atoms with Gasteiger partial charge < -0.3 is 9.50 Å². The van der Waals surface area contributed by atoms with Crippen molar-refractivity contribution in [2.75, 3.05) is 5.32 Å². The largest absolute Gasteiger partial charge is 0.488 e. The van der Waals surface area contributed by atoms with Crippen LogP contribution in [-0.4, -0.2) is 19.3 Å². The molecular formula is C13H11FN2O4S. The van der Waals surface area contributed by atoms with Crippen LogP contribution >= 0.6 is 0 Å². The van der Waals surface area contributed by atoms with Crippen molar-refractivity contribution in [2.45, 2.75) is 6.92 Å². The van der Waals surface area contributed by atoms with E-state index in [1.54, 1.807) is 25.1 Å². The number of nitrogens with one attached hydrogen (secondary N) is 1. The highest BCUT2D eigenvalue weighted by atomic mass is 32.3. The van der Waals surface area contributed by atoms with Crippen molar-refractivity contribution in [3.8, 4) is 5.75 Å². The highest BCUT2D eigenvalue weighted by molar-refractivity contribution is 7.81. The van der Waals surface area contributed by atoms with E-state index >= 15 is 0 Å². The second-order valence-electron chi connectivity index (χ2n) is 4.12. The third kappa shape index (κ3) is 4.53. The number of carbonyl (C=O) groups is 1. The van der Waals surface area contributed by atoms with Gasteiger partial charge in [0.15, 0.2) is 0 Å². The van der Waals surface area contributed by atoms with Crippen molar-refractivity contribution in [3.63, 3.8) is 0 Å². The highest BCUT2D eigenvalue weighted by Crippen LogP contribution is 2.18. The van der Waals surface area contributed by atoms with Crippen LogP contribution in [0.5, 0.6) is 5.75 Å². The zero-order valence-electron chi connectivity index (χ0n) is 10.9. The van der Waals surface area contributed by atoms with E-state index in [9.17, 15) is 17.1 Å². The molecule has 0 saturated heterocycles. The molecule has 0 saturated carbocycles. The average molecular weight is 310 g/mol. The summed E-state index contributed by atoms with van der Waals surface area (Å²) in [6.45, 7) is 1.76. The Kier molecular flexibility index (Phi) is 4.18. The number of benzene rings is 1. The average Bonchev–Trinajstić information content (AvgIpc) is 2.39. The molecule has 2 rings (SSSR count). The monoisotopic (exact) mass is 310 g/mol. The van der Waals surface area contributed by atoms with Gasteiger partial charge in [0, 0.05) is 11.4 Å². The van der Waals surface area contributed by atoms with Crippen LogP contribution in [0, 0.1) is 6.92 Å². The van der Waals surface area contributed by atoms with Crippen molar-refractivity contribution in [2.24, 2.45) is 0 Å². The van der Waals surface area contributed by atoms with Gasteiger partial charge in [-0.25, -0.2) is 4.98 Å². The van der Waals surface area contributed by atoms with E-state index in [4.69, 9.17) is 0 Å². The number of carbonyl (C=O) groups excluding carboxylic acids is 1. The Morgan fingerprint density at radius 2 is 1.86 bits per heavy atom. The molecule has 1 heterocycles. The Bertz CT molecular complexity index is 760. The highest BCUT2D eigenvalue weighted by Gasteiger charge is 2.10. The number of hydrogen-bond acceptors (Lipinski definition) is 5. The lowest BCUT2D eigenvalue weighted by Gasteiger charge is -2.06. The van der Waals surface area contributed by atoms with Gasteiger partial charge in [0.05, 0.1) is 0 Å². The zero-order valence-corrected chi connectivity index (χ0v) is 11.7. The number of pyridine rings is 1. The number of anilines is 1. The topological polar surface area (TPSA) is 85.4 Å². The van der Waals surface area contributed by atoms with Crippen LogP contribution in [0.1, 0.15) is 16.2 Å². The second kappa shape index (κ2) is 5.88. The van der Waals surface area contributed by atoms with Crippen LogP contribution in [0.25, 0.3) is 0 Å². The van der Waals surface area contributed by atoms with E-state index in [0.717, 1.165) is 0 Å². The fraction of sp³-hybridized carbons (Fsp3) is 0.0769. The molecule has 2 aromatic rings. The minimum atomic E-state index is -5.06. The van der Waals surface area contributed by atoms with Crippen LogP contribution < -0.4 is 9.50 Å². The van der Waals surface area contributed by atoms with Gasteiger partial charge in [-0.2, -0.15) is 8.42 Å². The Morgan fingerprint density at radius 1 is 1.19 bits per heavy atom. The van der Waals surface area contributed by atoms with E-state index in [2.05, 4.69) is 14.5 Å². The molecule has 0 atom stereocenters. The third-order valence-electron chi connectivity index (χ3n) is 2.43. The number of aryl methyl sites for hydroxylation is 1. The smallest absolute Gasteiger partial charge is 0.358 e. The van der Waals surface area contributed by atoms with Gasteiger partial charge in [-0.3, -0.25) is 4.79 Å². The van der Waals surface area contributed by atoms with Crippen LogP contribution in [0.15, 0.2) is 42.5 Å². The molecule has 0 spiro atoms. The molecule has 0 aliphatic rings. The zero-order chi connectivity index (χ0) is 15.5. The molecule has 1 amide bonds. The summed E-state index contributed by atoms with van der Waals surface area (Å²) in [6, 6.07) is 10.2. The molecule has 21 heavy (non-hydrogen) atoms. The Labute approximate surface area is 121 Å². The molecule has 1 aromatic heterocycles. The second-order valence-corrected chi connectivity index (χ2v) is 5.07. The minimum Gasteiger partial charge on any atom is -0.358 e. The summed E-state index contributed by atoms with van der Waals surface area (Å²) in [5.41, 5.74) is 1.35. The van der Waals surface area contributed by atoms with Crippen LogP contribution in [0.2, 0.25) is 0 Å². The molecule has 0 unspecified atom stereocenters. The summed E-state index contributed by atoms with van der Waals surface area (Å²) in [4.78, 5) is 16.0. The molecule has 8 heteroatoms. The fourth-order valence-corrected chi connectivity index (χ4v) is 1.91. The number of amides is 1. The first-order valence-electron chi connectivity index (χ1n) is 5.83. The summed E-state index contributed by atoms with van der Waals surface area (Å²) in [5.74, 6) is -0.602. The lowest BCUT2D eigenvalue weighted by atomic mass is 10.2. The number of aromatic nitrogens is 1. The summed E-state index contributed by atoms with van der Waals surface area (Å²) >= 11 is 0. The maximum Gasteiger partial charge on any atom is 0.488 e. The first-order valence-corrected chi connectivity index (χ1v) is 7.13. The standard InChI is InChI=1S/C13H11FN2O4S/c1-9-3-2-4-12(15-9)13(17)16-10-5-7-11(8-6-10)20-21(14,18)19/h2-8H,1H3,(H,16,17). The molecule has 1 aromatic carbocycles. The third-order valence-corrected chi connectivity index (χ3v) is 2.82. The van der Waals surface area contributed by atoms with Gasteiger partial charge in [0.1, 0.15) is 11.4 Å². The van der Waals surface area contributed by atoms with Gasteiger partial charge in [-0.15, -0.1) is 0 Å². The van der Waals surface area contributed by atoms with Crippen molar-refractivity contribution in [3.05, 3.63) is 53.9 Å².